The number of nitrogens with one attached hydrogen (secondary N) is 1. The van der Waals surface area contributed by atoms with Crippen LogP contribution in [0.25, 0.3) is 0 Å². The zero-order valence-electron chi connectivity index (χ0n) is 6.06. The summed E-state index contributed by atoms with van der Waals surface area (Å²) in [5.41, 5.74) is 1.16. The van der Waals surface area contributed by atoms with Crippen molar-refractivity contribution in [3.8, 4) is 0 Å². The highest BCUT2D eigenvalue weighted by atomic mass is 16.5. The Morgan fingerprint density at radius 2 is 2.11 bits per heavy atom. The summed E-state index contributed by atoms with van der Waals surface area (Å²) >= 11 is 0. The zero-order chi connectivity index (χ0) is 7.49. The van der Waals surface area contributed by atoms with Gasteiger partial charge in [0.2, 0.25) is 0 Å². The molecule has 3 nitrogen and oxygen atoms in total. The van der Waals surface area contributed by atoms with Crippen LogP contribution in [-0.4, -0.2) is 16.5 Å². The van der Waals surface area contributed by atoms with E-state index >= 15 is 0 Å². The van der Waals surface area contributed by atoms with Gasteiger partial charge in [0, 0.05) is 6.42 Å². The van der Waals surface area contributed by atoms with Gasteiger partial charge in [0.05, 0.1) is 5.54 Å². The first kappa shape index (κ1) is 8.59. The van der Waals surface area contributed by atoms with E-state index in [4.69, 9.17) is 5.21 Å². The molecule has 3 heteroatoms. The molecule has 54 valence electrons. The van der Waals surface area contributed by atoms with Crippen LogP contribution in [0.5, 0.6) is 0 Å². The van der Waals surface area contributed by atoms with Gasteiger partial charge in [-0.15, -0.1) is 0 Å². The molecule has 2 N–H and O–H groups in total. The number of hydrogen-bond donors (Lipinski definition) is 2. The largest absolute Gasteiger partial charge is 0.316 e. The molecule has 0 aliphatic carbocycles. The fourth-order valence-electron chi connectivity index (χ4n) is 0.504. The van der Waals surface area contributed by atoms with Gasteiger partial charge in [-0.25, -0.2) is 0 Å². The van der Waals surface area contributed by atoms with Gasteiger partial charge in [0.25, 0.3) is 0 Å². The fourth-order valence-corrected chi connectivity index (χ4v) is 0.504. The lowest BCUT2D eigenvalue weighted by Gasteiger charge is -2.19. The van der Waals surface area contributed by atoms with E-state index in [-0.39, 0.29) is 5.78 Å². The summed E-state index contributed by atoms with van der Waals surface area (Å²) in [5, 5.41) is 8.42. The van der Waals surface area contributed by atoms with Gasteiger partial charge in [0.1, 0.15) is 0 Å². The molecule has 0 aromatic rings. The van der Waals surface area contributed by atoms with E-state index in [0.717, 1.165) is 0 Å². The van der Waals surface area contributed by atoms with E-state index in [0.29, 0.717) is 6.42 Å². The molecule has 0 atom stereocenters. The van der Waals surface area contributed by atoms with E-state index in [1.807, 2.05) is 5.48 Å². The maximum absolute atomic E-state index is 10.8. The van der Waals surface area contributed by atoms with Gasteiger partial charge in [-0.2, -0.15) is 5.48 Å². The van der Waals surface area contributed by atoms with Gasteiger partial charge < -0.3 is 5.21 Å². The van der Waals surface area contributed by atoms with Gasteiger partial charge in [-0.3, -0.25) is 4.79 Å². The Morgan fingerprint density at radius 1 is 1.67 bits per heavy atom. The minimum atomic E-state index is -0.783. The first-order valence-electron chi connectivity index (χ1n) is 2.99. The van der Waals surface area contributed by atoms with Crippen molar-refractivity contribution < 1.29 is 10.0 Å². The summed E-state index contributed by atoms with van der Waals surface area (Å²) in [7, 11) is 0. The van der Waals surface area contributed by atoms with Crippen LogP contribution in [0.3, 0.4) is 0 Å². The molecule has 0 spiro atoms. The SMILES string of the molecule is CCC(=O)C(C)(C)NO. The predicted molar refractivity (Wildman–Crippen MR) is 34.3 cm³/mol. The number of rotatable bonds is 3. The number of hydroxylamine groups is 1. The van der Waals surface area contributed by atoms with Crippen LogP contribution in [0.4, 0.5) is 0 Å². The Bertz CT molecular complexity index is 110. The highest BCUT2D eigenvalue weighted by Crippen LogP contribution is 2.04. The lowest BCUT2D eigenvalue weighted by molar-refractivity contribution is -0.127. The number of ketones is 1. The second kappa shape index (κ2) is 2.94. The fraction of sp³-hybridized carbons (Fsp3) is 0.833. The summed E-state index contributed by atoms with van der Waals surface area (Å²) in [6, 6.07) is 0. The summed E-state index contributed by atoms with van der Waals surface area (Å²) in [5.74, 6) is 0.00463. The number of Topliss-reactive ketones (excluding diaryl/α,β-unsaturated/α-hetero) is 1. The second-order valence-electron chi connectivity index (χ2n) is 2.51. The second-order valence-corrected chi connectivity index (χ2v) is 2.51. The van der Waals surface area contributed by atoms with Crippen LogP contribution in [0, 0.1) is 0 Å². The Kier molecular flexibility index (Phi) is 2.81. The molecule has 0 fully saturated rings. The summed E-state index contributed by atoms with van der Waals surface area (Å²) in [4.78, 5) is 10.8. The molecule has 0 aliphatic rings. The maximum atomic E-state index is 10.8. The minimum absolute atomic E-state index is 0.00463. The molecule has 0 aliphatic heterocycles. The smallest absolute Gasteiger partial charge is 0.154 e. The van der Waals surface area contributed by atoms with E-state index in [2.05, 4.69) is 0 Å². The molecule has 0 radical (unpaired) electrons. The Hall–Kier alpha value is -0.410. The lowest BCUT2D eigenvalue weighted by Crippen LogP contribution is -2.44. The number of carbonyl (C=O) groups is 1. The summed E-state index contributed by atoms with van der Waals surface area (Å²) < 4.78 is 0. The molecule has 0 bridgehead atoms. The summed E-state index contributed by atoms with van der Waals surface area (Å²) in [6.45, 7) is 5.04. The van der Waals surface area contributed by atoms with Crippen molar-refractivity contribution in [1.82, 2.24) is 5.48 Å². The van der Waals surface area contributed by atoms with Crippen molar-refractivity contribution in [2.24, 2.45) is 0 Å². The molecule has 0 rings (SSSR count). The molecule has 0 saturated heterocycles. The van der Waals surface area contributed by atoms with E-state index in [9.17, 15) is 4.79 Å². The van der Waals surface area contributed by atoms with Crippen molar-refractivity contribution in [2.45, 2.75) is 32.7 Å². The highest BCUT2D eigenvalue weighted by molar-refractivity contribution is 5.86. The molecule has 0 aromatic carbocycles. The summed E-state index contributed by atoms with van der Waals surface area (Å²) in [6.07, 6.45) is 0.445. The molecule has 0 aromatic heterocycles. The van der Waals surface area contributed by atoms with Crippen molar-refractivity contribution >= 4 is 5.78 Å². The van der Waals surface area contributed by atoms with Crippen LogP contribution in [0.15, 0.2) is 0 Å². The van der Waals surface area contributed by atoms with Crippen LogP contribution in [-0.2, 0) is 4.79 Å². The normalized spacial score (nSPS) is 11.6. The van der Waals surface area contributed by atoms with Crippen molar-refractivity contribution in [3.63, 3.8) is 0 Å². The van der Waals surface area contributed by atoms with Crippen LogP contribution in [0.2, 0.25) is 0 Å². The topological polar surface area (TPSA) is 49.3 Å². The average Bonchev–Trinajstić information content (AvgIpc) is 1.86. The Labute approximate surface area is 55.0 Å². The van der Waals surface area contributed by atoms with E-state index in [1.165, 1.54) is 0 Å². The minimum Gasteiger partial charge on any atom is -0.316 e. The Balaban J connectivity index is 3.97. The van der Waals surface area contributed by atoms with E-state index in [1.54, 1.807) is 20.8 Å². The van der Waals surface area contributed by atoms with Gasteiger partial charge in [-0.05, 0) is 13.8 Å². The van der Waals surface area contributed by atoms with Crippen LogP contribution < -0.4 is 5.48 Å². The molecule has 9 heavy (non-hydrogen) atoms. The monoisotopic (exact) mass is 131 g/mol. The third-order valence-corrected chi connectivity index (χ3v) is 1.30. The molecule has 0 amide bonds. The zero-order valence-corrected chi connectivity index (χ0v) is 6.06. The lowest BCUT2D eigenvalue weighted by atomic mass is 9.99. The van der Waals surface area contributed by atoms with Crippen molar-refractivity contribution in [3.05, 3.63) is 0 Å². The first-order chi connectivity index (χ1) is 4.04. The van der Waals surface area contributed by atoms with Gasteiger partial charge >= 0.3 is 0 Å². The number of carbonyl (C=O) groups excluding carboxylic acids is 1. The van der Waals surface area contributed by atoms with Crippen molar-refractivity contribution in [2.75, 3.05) is 0 Å². The third kappa shape index (κ3) is 2.11. The molecule has 0 unspecified atom stereocenters. The standard InChI is InChI=1S/C6H13NO2/c1-4-5(8)6(2,3)7-9/h7,9H,4H2,1-3H3. The quantitative estimate of drug-likeness (QED) is 0.555. The van der Waals surface area contributed by atoms with Crippen LogP contribution in [0.1, 0.15) is 27.2 Å². The average molecular weight is 131 g/mol. The van der Waals surface area contributed by atoms with Crippen LogP contribution >= 0.6 is 0 Å². The van der Waals surface area contributed by atoms with Gasteiger partial charge in [-0.1, -0.05) is 6.92 Å². The molecular formula is C6H13NO2. The highest BCUT2D eigenvalue weighted by Gasteiger charge is 2.23. The predicted octanol–water partition coefficient (Wildman–Crippen LogP) is 0.723. The molecular weight excluding hydrogens is 118 g/mol. The molecule has 0 heterocycles. The third-order valence-electron chi connectivity index (χ3n) is 1.30. The molecule has 0 saturated carbocycles. The van der Waals surface area contributed by atoms with Crippen molar-refractivity contribution in [1.29, 1.82) is 0 Å². The Morgan fingerprint density at radius 3 is 2.22 bits per heavy atom. The van der Waals surface area contributed by atoms with Gasteiger partial charge in [0.15, 0.2) is 5.78 Å². The maximum Gasteiger partial charge on any atom is 0.154 e. The van der Waals surface area contributed by atoms with E-state index < -0.39 is 5.54 Å². The number of hydrogen-bond acceptors (Lipinski definition) is 3. The first-order valence-corrected chi connectivity index (χ1v) is 2.99.